The van der Waals surface area contributed by atoms with Crippen LogP contribution in [0.1, 0.15) is 20.3 Å². The maximum atomic E-state index is 11.4. The summed E-state index contributed by atoms with van der Waals surface area (Å²) in [7, 11) is 0. The quantitative estimate of drug-likeness (QED) is 0.501. The van der Waals surface area contributed by atoms with Crippen molar-refractivity contribution in [1.29, 1.82) is 0 Å². The first-order chi connectivity index (χ1) is 5.98. The summed E-state index contributed by atoms with van der Waals surface area (Å²) >= 11 is 1.11. The number of ketones is 1. The predicted octanol–water partition coefficient (Wildman–Crippen LogP) is 2.11. The third-order valence-electron chi connectivity index (χ3n) is 2.01. The number of carbonyl (C=O) groups is 2. The largest absolute Gasteiger partial charge is 0.297 e. The molecule has 0 N–H and O–H groups in total. The van der Waals surface area contributed by atoms with E-state index in [1.165, 1.54) is 0 Å². The van der Waals surface area contributed by atoms with E-state index in [-0.39, 0.29) is 17.3 Å². The van der Waals surface area contributed by atoms with Gasteiger partial charge in [-0.15, -0.1) is 0 Å². The molecule has 70 valence electrons. The monoisotopic (exact) mass is 196 g/mol. The molecule has 0 aromatic heterocycles. The molecule has 0 radical (unpaired) electrons. The summed E-state index contributed by atoms with van der Waals surface area (Å²) in [5.41, 5.74) is 0.929. The minimum absolute atomic E-state index is 0.0105. The topological polar surface area (TPSA) is 34.1 Å². The number of rotatable bonds is 2. The van der Waals surface area contributed by atoms with E-state index in [0.717, 1.165) is 17.3 Å². The minimum atomic E-state index is -0.657. The molecule has 13 heavy (non-hydrogen) atoms. The predicted molar refractivity (Wildman–Crippen MR) is 54.6 cm³/mol. The van der Waals surface area contributed by atoms with Crippen LogP contribution >= 0.6 is 11.8 Å². The first-order valence-corrected chi connectivity index (χ1v) is 4.86. The normalized spacial score (nSPS) is 29.5. The molecule has 0 aromatic carbocycles. The van der Waals surface area contributed by atoms with Crippen LogP contribution in [0.2, 0.25) is 0 Å². The maximum Gasteiger partial charge on any atom is 0.197 e. The summed E-state index contributed by atoms with van der Waals surface area (Å²) in [6.45, 7) is 7.25. The van der Waals surface area contributed by atoms with Gasteiger partial charge in [-0.25, -0.2) is 0 Å². The molecular formula is C10H12O2S. The number of thioether (sulfide) groups is 1. The Morgan fingerprint density at radius 1 is 1.62 bits per heavy atom. The first-order valence-electron chi connectivity index (χ1n) is 4.05. The first kappa shape index (κ1) is 10.3. The molecule has 0 spiro atoms. The Balaban J connectivity index is 2.95. The lowest BCUT2D eigenvalue weighted by Gasteiger charge is -2.14. The fraction of sp³-hybridized carbons (Fsp3) is 0.400. The van der Waals surface area contributed by atoms with Gasteiger partial charge in [-0.2, -0.15) is 0 Å². The van der Waals surface area contributed by atoms with Crippen molar-refractivity contribution in [2.24, 2.45) is 0 Å². The van der Waals surface area contributed by atoms with Gasteiger partial charge in [0.1, 0.15) is 0 Å². The van der Waals surface area contributed by atoms with Crippen LogP contribution < -0.4 is 0 Å². The molecule has 0 aliphatic carbocycles. The standard InChI is InChI=1S/C10H12O2S/c1-4-7(2)6-10(3)8(11)5-9(12)13-10/h4,6H,1,5H2,2-3H3/t10-/m1/s1. The summed E-state index contributed by atoms with van der Waals surface area (Å²) in [6.07, 6.45) is 3.54. The zero-order valence-electron chi connectivity index (χ0n) is 7.79. The lowest BCUT2D eigenvalue weighted by atomic mass is 10.0. The highest BCUT2D eigenvalue weighted by molar-refractivity contribution is 8.16. The fourth-order valence-electron chi connectivity index (χ4n) is 1.24. The van der Waals surface area contributed by atoms with Gasteiger partial charge < -0.3 is 0 Å². The van der Waals surface area contributed by atoms with E-state index < -0.39 is 4.75 Å². The average Bonchev–Trinajstić information content (AvgIpc) is 2.25. The summed E-state index contributed by atoms with van der Waals surface area (Å²) < 4.78 is -0.657. The Hall–Kier alpha value is -0.830. The average molecular weight is 196 g/mol. The van der Waals surface area contributed by atoms with Crippen molar-refractivity contribution < 1.29 is 9.59 Å². The van der Waals surface area contributed by atoms with Gasteiger partial charge >= 0.3 is 0 Å². The zero-order chi connectivity index (χ0) is 10.1. The number of allylic oxidation sites excluding steroid dienone is 2. The van der Waals surface area contributed by atoms with Gasteiger partial charge in [0.2, 0.25) is 0 Å². The van der Waals surface area contributed by atoms with Crippen LogP contribution in [0, 0.1) is 0 Å². The van der Waals surface area contributed by atoms with Crippen LogP contribution in [0.15, 0.2) is 24.3 Å². The molecular weight excluding hydrogens is 184 g/mol. The molecule has 1 aliphatic heterocycles. The Bertz CT molecular complexity index is 304. The molecule has 0 amide bonds. The number of hydrogen-bond acceptors (Lipinski definition) is 3. The van der Waals surface area contributed by atoms with E-state index in [0.29, 0.717) is 0 Å². The van der Waals surface area contributed by atoms with Crippen molar-refractivity contribution in [3.63, 3.8) is 0 Å². The molecule has 0 bridgehead atoms. The highest BCUT2D eigenvalue weighted by Gasteiger charge is 2.41. The Morgan fingerprint density at radius 2 is 2.23 bits per heavy atom. The van der Waals surface area contributed by atoms with E-state index in [4.69, 9.17) is 0 Å². The second-order valence-corrected chi connectivity index (χ2v) is 4.78. The molecule has 0 unspecified atom stereocenters. The fourth-order valence-corrected chi connectivity index (χ4v) is 2.35. The Labute approximate surface area is 82.1 Å². The molecule has 0 aromatic rings. The van der Waals surface area contributed by atoms with Crippen LogP contribution in [-0.2, 0) is 9.59 Å². The summed E-state index contributed by atoms with van der Waals surface area (Å²) in [6, 6.07) is 0. The van der Waals surface area contributed by atoms with Crippen LogP contribution in [0.4, 0.5) is 0 Å². The van der Waals surface area contributed by atoms with Gasteiger partial charge in [-0.1, -0.05) is 36.1 Å². The summed E-state index contributed by atoms with van der Waals surface area (Å²) in [5, 5.41) is -0.0411. The smallest absolute Gasteiger partial charge is 0.197 e. The molecule has 1 rings (SSSR count). The number of hydrogen-bond donors (Lipinski definition) is 0. The van der Waals surface area contributed by atoms with E-state index in [2.05, 4.69) is 6.58 Å². The van der Waals surface area contributed by atoms with Crippen molar-refractivity contribution in [3.05, 3.63) is 24.3 Å². The van der Waals surface area contributed by atoms with Crippen LogP contribution in [0.5, 0.6) is 0 Å². The molecule has 3 heteroatoms. The van der Waals surface area contributed by atoms with Crippen molar-refractivity contribution in [2.75, 3.05) is 0 Å². The second kappa shape index (κ2) is 3.50. The van der Waals surface area contributed by atoms with E-state index in [1.54, 1.807) is 19.1 Å². The van der Waals surface area contributed by atoms with Gasteiger partial charge in [-0.3, -0.25) is 9.59 Å². The van der Waals surface area contributed by atoms with Crippen molar-refractivity contribution >= 4 is 22.7 Å². The molecule has 1 fully saturated rings. The Morgan fingerprint density at radius 3 is 2.62 bits per heavy atom. The third-order valence-corrected chi connectivity index (χ3v) is 3.15. The second-order valence-electron chi connectivity index (χ2n) is 3.27. The summed E-state index contributed by atoms with van der Waals surface area (Å²) in [4.78, 5) is 22.5. The molecule has 2 nitrogen and oxygen atoms in total. The molecule has 0 saturated carbocycles. The van der Waals surface area contributed by atoms with Gasteiger partial charge in [0.15, 0.2) is 10.9 Å². The SMILES string of the molecule is C=CC(C)=C[C@@]1(C)SC(=O)CC1=O. The Kier molecular flexibility index (Phi) is 2.76. The van der Waals surface area contributed by atoms with Crippen molar-refractivity contribution in [1.82, 2.24) is 0 Å². The highest BCUT2D eigenvalue weighted by atomic mass is 32.2. The zero-order valence-corrected chi connectivity index (χ0v) is 8.61. The molecule has 1 heterocycles. The lowest BCUT2D eigenvalue weighted by molar-refractivity contribution is -0.122. The highest BCUT2D eigenvalue weighted by Crippen LogP contribution is 2.37. The van der Waals surface area contributed by atoms with Gasteiger partial charge in [0.05, 0.1) is 11.2 Å². The number of Topliss-reactive ketones (excluding diaryl/α,β-unsaturated/α-hetero) is 1. The third kappa shape index (κ3) is 2.10. The summed E-state index contributed by atoms with van der Waals surface area (Å²) in [5.74, 6) is -0.0105. The van der Waals surface area contributed by atoms with Crippen LogP contribution in [0.3, 0.4) is 0 Å². The lowest BCUT2D eigenvalue weighted by Crippen LogP contribution is -2.23. The van der Waals surface area contributed by atoms with Gasteiger partial charge in [0.25, 0.3) is 0 Å². The van der Waals surface area contributed by atoms with E-state index in [1.807, 2.05) is 6.92 Å². The van der Waals surface area contributed by atoms with Crippen molar-refractivity contribution in [3.8, 4) is 0 Å². The molecule has 1 atom stereocenters. The van der Waals surface area contributed by atoms with Crippen LogP contribution in [-0.4, -0.2) is 15.6 Å². The number of carbonyl (C=O) groups excluding carboxylic acids is 2. The molecule has 1 saturated heterocycles. The van der Waals surface area contributed by atoms with Gasteiger partial charge in [0, 0.05) is 0 Å². The molecule has 1 aliphatic rings. The van der Waals surface area contributed by atoms with Crippen LogP contribution in [0.25, 0.3) is 0 Å². The van der Waals surface area contributed by atoms with E-state index in [9.17, 15) is 9.59 Å². The van der Waals surface area contributed by atoms with Gasteiger partial charge in [-0.05, 0) is 13.8 Å². The minimum Gasteiger partial charge on any atom is -0.297 e. The van der Waals surface area contributed by atoms with E-state index >= 15 is 0 Å². The maximum absolute atomic E-state index is 11.4. The van der Waals surface area contributed by atoms with Crippen molar-refractivity contribution in [2.45, 2.75) is 25.0 Å².